The lowest BCUT2D eigenvalue weighted by atomic mass is 10.00. The Kier molecular flexibility index (Phi) is 3.95. The first-order chi connectivity index (χ1) is 8.13. The predicted octanol–water partition coefficient (Wildman–Crippen LogP) is 3.31. The van der Waals surface area contributed by atoms with Crippen LogP contribution in [0.3, 0.4) is 0 Å². The standard InChI is InChI=1S/C14H20ClNO/c1-10-7-11(2)14(13(15)8-10)16-6-4-3-5-12(16)9-17/h7-8,12,17H,3-6,9H2,1-2H3. The highest BCUT2D eigenvalue weighted by Crippen LogP contribution is 2.34. The molecule has 0 aliphatic carbocycles. The molecule has 0 radical (unpaired) electrons. The first kappa shape index (κ1) is 12.7. The Morgan fingerprint density at radius 1 is 1.35 bits per heavy atom. The summed E-state index contributed by atoms with van der Waals surface area (Å²) in [6, 6.07) is 4.39. The highest BCUT2D eigenvalue weighted by atomic mass is 35.5. The molecular formula is C14H20ClNO. The first-order valence-electron chi connectivity index (χ1n) is 6.27. The second kappa shape index (κ2) is 5.28. The van der Waals surface area contributed by atoms with Crippen molar-refractivity contribution in [3.8, 4) is 0 Å². The van der Waals surface area contributed by atoms with Crippen LogP contribution in [-0.2, 0) is 0 Å². The van der Waals surface area contributed by atoms with Gasteiger partial charge >= 0.3 is 0 Å². The van der Waals surface area contributed by atoms with Crippen molar-refractivity contribution in [2.24, 2.45) is 0 Å². The molecule has 1 atom stereocenters. The summed E-state index contributed by atoms with van der Waals surface area (Å²) in [4.78, 5) is 2.28. The van der Waals surface area contributed by atoms with Crippen LogP contribution in [0.1, 0.15) is 30.4 Å². The molecule has 1 aliphatic rings. The molecule has 1 heterocycles. The maximum atomic E-state index is 9.47. The average Bonchev–Trinajstić information content (AvgIpc) is 2.28. The maximum Gasteiger partial charge on any atom is 0.0645 e. The molecule has 0 saturated carbocycles. The van der Waals surface area contributed by atoms with E-state index in [0.29, 0.717) is 0 Å². The summed E-state index contributed by atoms with van der Waals surface area (Å²) in [7, 11) is 0. The van der Waals surface area contributed by atoms with Gasteiger partial charge in [0.2, 0.25) is 0 Å². The van der Waals surface area contributed by atoms with Crippen LogP contribution in [0, 0.1) is 13.8 Å². The molecular weight excluding hydrogens is 234 g/mol. The molecule has 0 spiro atoms. The number of hydrogen-bond acceptors (Lipinski definition) is 2. The van der Waals surface area contributed by atoms with Crippen molar-refractivity contribution in [2.75, 3.05) is 18.1 Å². The number of nitrogens with zero attached hydrogens (tertiary/aromatic N) is 1. The minimum Gasteiger partial charge on any atom is -0.394 e. The molecule has 0 bridgehead atoms. The lowest BCUT2D eigenvalue weighted by Gasteiger charge is -2.38. The van der Waals surface area contributed by atoms with Gasteiger partial charge in [-0.3, -0.25) is 0 Å². The molecule has 0 amide bonds. The molecule has 94 valence electrons. The van der Waals surface area contributed by atoms with E-state index in [2.05, 4.69) is 24.8 Å². The van der Waals surface area contributed by atoms with E-state index in [1.54, 1.807) is 0 Å². The number of aliphatic hydroxyl groups excluding tert-OH is 1. The van der Waals surface area contributed by atoms with Crippen LogP contribution in [0.25, 0.3) is 0 Å². The minimum atomic E-state index is 0.212. The fourth-order valence-corrected chi connectivity index (χ4v) is 3.19. The topological polar surface area (TPSA) is 23.5 Å². The van der Waals surface area contributed by atoms with Gasteiger partial charge in [0.1, 0.15) is 0 Å². The van der Waals surface area contributed by atoms with E-state index in [1.165, 1.54) is 24.0 Å². The molecule has 17 heavy (non-hydrogen) atoms. The van der Waals surface area contributed by atoms with E-state index in [4.69, 9.17) is 11.6 Å². The van der Waals surface area contributed by atoms with Crippen LogP contribution in [0.4, 0.5) is 5.69 Å². The Labute approximate surface area is 108 Å². The fraction of sp³-hybridized carbons (Fsp3) is 0.571. The lowest BCUT2D eigenvalue weighted by Crippen LogP contribution is -2.42. The van der Waals surface area contributed by atoms with Crippen LogP contribution in [0.2, 0.25) is 5.02 Å². The second-order valence-corrected chi connectivity index (χ2v) is 5.35. The van der Waals surface area contributed by atoms with E-state index in [1.807, 2.05) is 6.07 Å². The van der Waals surface area contributed by atoms with Crippen LogP contribution in [0.15, 0.2) is 12.1 Å². The number of benzene rings is 1. The summed E-state index contributed by atoms with van der Waals surface area (Å²) in [6.45, 7) is 5.36. The van der Waals surface area contributed by atoms with Gasteiger partial charge in [-0.2, -0.15) is 0 Å². The van der Waals surface area contributed by atoms with Gasteiger partial charge in [0.25, 0.3) is 0 Å². The maximum absolute atomic E-state index is 9.47. The summed E-state index contributed by atoms with van der Waals surface area (Å²) in [5, 5.41) is 10.3. The van der Waals surface area contributed by atoms with Gasteiger partial charge in [0.05, 0.1) is 23.4 Å². The van der Waals surface area contributed by atoms with Gasteiger partial charge < -0.3 is 10.0 Å². The third-order valence-electron chi connectivity index (χ3n) is 3.52. The molecule has 2 nitrogen and oxygen atoms in total. The van der Waals surface area contributed by atoms with Gasteiger partial charge in [0, 0.05) is 6.54 Å². The Morgan fingerprint density at radius 2 is 2.12 bits per heavy atom. The summed E-state index contributed by atoms with van der Waals surface area (Å²) >= 11 is 6.37. The average molecular weight is 254 g/mol. The van der Waals surface area contributed by atoms with Gasteiger partial charge in [-0.15, -0.1) is 0 Å². The highest BCUT2D eigenvalue weighted by Gasteiger charge is 2.24. The number of aliphatic hydroxyl groups is 1. The zero-order valence-corrected chi connectivity index (χ0v) is 11.3. The molecule has 1 N–H and O–H groups in total. The zero-order chi connectivity index (χ0) is 12.4. The van der Waals surface area contributed by atoms with Crippen molar-refractivity contribution in [3.63, 3.8) is 0 Å². The van der Waals surface area contributed by atoms with Crippen LogP contribution < -0.4 is 4.90 Å². The summed E-state index contributed by atoms with van der Waals surface area (Å²) in [6.07, 6.45) is 3.44. The number of piperidine rings is 1. The Morgan fingerprint density at radius 3 is 2.76 bits per heavy atom. The molecule has 2 rings (SSSR count). The minimum absolute atomic E-state index is 0.212. The molecule has 1 saturated heterocycles. The number of anilines is 1. The van der Waals surface area contributed by atoms with Gasteiger partial charge in [-0.1, -0.05) is 17.7 Å². The van der Waals surface area contributed by atoms with Gasteiger partial charge in [-0.05, 0) is 50.3 Å². The first-order valence-corrected chi connectivity index (χ1v) is 6.65. The third-order valence-corrected chi connectivity index (χ3v) is 3.81. The summed E-state index contributed by atoms with van der Waals surface area (Å²) in [5.74, 6) is 0. The Hall–Kier alpha value is -0.730. The fourth-order valence-electron chi connectivity index (χ4n) is 2.76. The number of hydrogen-bond donors (Lipinski definition) is 1. The number of halogens is 1. The lowest BCUT2D eigenvalue weighted by molar-refractivity contribution is 0.240. The Bertz CT molecular complexity index is 382. The van der Waals surface area contributed by atoms with E-state index in [0.717, 1.165) is 23.7 Å². The van der Waals surface area contributed by atoms with Gasteiger partial charge in [-0.25, -0.2) is 0 Å². The largest absolute Gasteiger partial charge is 0.394 e. The monoisotopic (exact) mass is 253 g/mol. The summed E-state index contributed by atoms with van der Waals surface area (Å²) in [5.41, 5.74) is 3.50. The molecule has 1 aromatic rings. The van der Waals surface area contributed by atoms with E-state index < -0.39 is 0 Å². The quantitative estimate of drug-likeness (QED) is 0.874. The Balaban J connectivity index is 2.38. The zero-order valence-electron chi connectivity index (χ0n) is 10.5. The molecule has 0 aromatic heterocycles. The summed E-state index contributed by atoms with van der Waals surface area (Å²) < 4.78 is 0. The normalized spacial score (nSPS) is 20.7. The van der Waals surface area contributed by atoms with Crippen molar-refractivity contribution in [2.45, 2.75) is 39.2 Å². The smallest absolute Gasteiger partial charge is 0.0645 e. The SMILES string of the molecule is Cc1cc(C)c(N2CCCCC2CO)c(Cl)c1. The van der Waals surface area contributed by atoms with Gasteiger partial charge in [0.15, 0.2) is 0 Å². The van der Waals surface area contributed by atoms with E-state index in [-0.39, 0.29) is 12.6 Å². The predicted molar refractivity (Wildman–Crippen MR) is 73.0 cm³/mol. The van der Waals surface area contributed by atoms with Crippen LogP contribution >= 0.6 is 11.6 Å². The van der Waals surface area contributed by atoms with Crippen molar-refractivity contribution in [1.82, 2.24) is 0 Å². The number of rotatable bonds is 2. The molecule has 1 fully saturated rings. The van der Waals surface area contributed by atoms with Crippen molar-refractivity contribution >= 4 is 17.3 Å². The van der Waals surface area contributed by atoms with Crippen molar-refractivity contribution in [1.29, 1.82) is 0 Å². The van der Waals surface area contributed by atoms with E-state index >= 15 is 0 Å². The van der Waals surface area contributed by atoms with Crippen LogP contribution in [-0.4, -0.2) is 24.3 Å². The third kappa shape index (κ3) is 2.58. The molecule has 1 unspecified atom stereocenters. The molecule has 1 aromatic carbocycles. The van der Waals surface area contributed by atoms with Crippen molar-refractivity contribution < 1.29 is 5.11 Å². The number of aryl methyl sites for hydroxylation is 2. The molecule has 3 heteroatoms. The van der Waals surface area contributed by atoms with Crippen molar-refractivity contribution in [3.05, 3.63) is 28.3 Å². The second-order valence-electron chi connectivity index (χ2n) is 4.94. The highest BCUT2D eigenvalue weighted by molar-refractivity contribution is 6.33. The van der Waals surface area contributed by atoms with E-state index in [9.17, 15) is 5.11 Å². The van der Waals surface area contributed by atoms with Crippen LogP contribution in [0.5, 0.6) is 0 Å². The molecule has 1 aliphatic heterocycles.